The number of hydrogen-bond acceptors (Lipinski definition) is 2. The standard InChI is InChI=1S/C5H8ClO.H3N/c1-3-5(7)4(2)6;/h5,7H,1-3H2;1H3. The molecule has 1 unspecified atom stereocenters. The van der Waals surface area contributed by atoms with E-state index in [2.05, 4.69) is 13.5 Å². The molecule has 0 aliphatic carbocycles. The highest BCUT2D eigenvalue weighted by molar-refractivity contribution is 6.29. The molecule has 3 heteroatoms. The number of aliphatic hydroxyl groups excluding tert-OH is 1. The van der Waals surface area contributed by atoms with Crippen molar-refractivity contribution in [2.45, 2.75) is 12.5 Å². The number of halogens is 1. The van der Waals surface area contributed by atoms with Gasteiger partial charge in [-0.2, -0.15) is 0 Å². The Kier molecular flexibility index (Phi) is 6.91. The number of aliphatic hydroxyl groups is 1. The van der Waals surface area contributed by atoms with Crippen LogP contribution in [0.2, 0.25) is 0 Å². The topological polar surface area (TPSA) is 55.2 Å². The quantitative estimate of drug-likeness (QED) is 0.604. The van der Waals surface area contributed by atoms with E-state index in [4.69, 9.17) is 16.7 Å². The fraction of sp³-hybridized carbons (Fsp3) is 0.400. The summed E-state index contributed by atoms with van der Waals surface area (Å²) in [4.78, 5) is 0. The van der Waals surface area contributed by atoms with E-state index >= 15 is 0 Å². The summed E-state index contributed by atoms with van der Waals surface area (Å²) >= 11 is 5.24. The maximum Gasteiger partial charge on any atom is 0.0889 e. The van der Waals surface area contributed by atoms with Crippen LogP contribution in [0.25, 0.3) is 0 Å². The van der Waals surface area contributed by atoms with Crippen LogP contribution in [0.4, 0.5) is 0 Å². The number of hydrogen-bond donors (Lipinski definition) is 2. The summed E-state index contributed by atoms with van der Waals surface area (Å²) in [6.07, 6.45) is -0.246. The van der Waals surface area contributed by atoms with Gasteiger partial charge in [-0.15, -0.1) is 0 Å². The Labute approximate surface area is 54.7 Å². The van der Waals surface area contributed by atoms with E-state index in [1.807, 2.05) is 0 Å². The van der Waals surface area contributed by atoms with Crippen molar-refractivity contribution >= 4 is 11.6 Å². The molecule has 2 nitrogen and oxygen atoms in total. The highest BCUT2D eigenvalue weighted by Gasteiger charge is 1.99. The van der Waals surface area contributed by atoms with Gasteiger partial charge in [-0.3, -0.25) is 0 Å². The molecule has 0 fully saturated rings. The second-order valence-corrected chi connectivity index (χ2v) is 1.74. The first-order valence-corrected chi connectivity index (χ1v) is 2.38. The third kappa shape index (κ3) is 4.12. The lowest BCUT2D eigenvalue weighted by molar-refractivity contribution is 0.222. The second-order valence-electron chi connectivity index (χ2n) is 1.25. The van der Waals surface area contributed by atoms with Crippen molar-refractivity contribution in [3.05, 3.63) is 18.5 Å². The zero-order valence-electron chi connectivity index (χ0n) is 4.73. The van der Waals surface area contributed by atoms with E-state index < -0.39 is 6.10 Å². The maximum atomic E-state index is 8.64. The third-order valence-electron chi connectivity index (χ3n) is 0.635. The van der Waals surface area contributed by atoms with Crippen LogP contribution in [0.1, 0.15) is 6.42 Å². The van der Waals surface area contributed by atoms with Gasteiger partial charge >= 0.3 is 0 Å². The molecule has 0 saturated carbocycles. The Bertz CT molecular complexity index is 74.8. The normalized spacial score (nSPS) is 11.9. The minimum absolute atomic E-state index is 0. The van der Waals surface area contributed by atoms with E-state index in [-0.39, 0.29) is 11.2 Å². The average Bonchev–Trinajstić information content (AvgIpc) is 1.65. The monoisotopic (exact) mass is 136 g/mol. The minimum atomic E-state index is -0.637. The van der Waals surface area contributed by atoms with Crippen molar-refractivity contribution in [2.24, 2.45) is 0 Å². The summed E-state index contributed by atoms with van der Waals surface area (Å²) < 4.78 is 0. The molecule has 8 heavy (non-hydrogen) atoms. The summed E-state index contributed by atoms with van der Waals surface area (Å²) in [5.74, 6) is 0. The molecule has 0 aliphatic rings. The lowest BCUT2D eigenvalue weighted by Crippen LogP contribution is -2.01. The van der Waals surface area contributed by atoms with Crippen LogP contribution in [-0.2, 0) is 0 Å². The van der Waals surface area contributed by atoms with Gasteiger partial charge in [0.05, 0.1) is 6.10 Å². The second kappa shape index (κ2) is 5.09. The van der Waals surface area contributed by atoms with Crippen molar-refractivity contribution in [1.82, 2.24) is 6.15 Å². The zero-order chi connectivity index (χ0) is 5.86. The summed E-state index contributed by atoms with van der Waals surface area (Å²) in [6, 6.07) is 0. The fourth-order valence-electron chi connectivity index (χ4n) is 0.157. The van der Waals surface area contributed by atoms with E-state index in [0.29, 0.717) is 6.42 Å². The van der Waals surface area contributed by atoms with Crippen LogP contribution < -0.4 is 6.15 Å². The zero-order valence-corrected chi connectivity index (χ0v) is 5.49. The van der Waals surface area contributed by atoms with E-state index in [1.165, 1.54) is 0 Å². The van der Waals surface area contributed by atoms with Gasteiger partial charge in [0.2, 0.25) is 0 Å². The molecule has 0 heterocycles. The molecule has 0 amide bonds. The molecule has 0 aromatic rings. The first kappa shape index (κ1) is 10.8. The molecular weight excluding hydrogens is 126 g/mol. The predicted octanol–water partition coefficient (Wildman–Crippen LogP) is 1.49. The summed E-state index contributed by atoms with van der Waals surface area (Å²) in [5, 5.41) is 8.90. The Morgan fingerprint density at radius 2 is 2.12 bits per heavy atom. The van der Waals surface area contributed by atoms with Crippen molar-refractivity contribution in [3.63, 3.8) is 0 Å². The summed E-state index contributed by atoms with van der Waals surface area (Å²) in [5.41, 5.74) is 0. The maximum absolute atomic E-state index is 8.64. The van der Waals surface area contributed by atoms with Crippen molar-refractivity contribution in [3.8, 4) is 0 Å². The van der Waals surface area contributed by atoms with Crippen LogP contribution >= 0.6 is 11.6 Å². The van der Waals surface area contributed by atoms with Gasteiger partial charge in [0.15, 0.2) is 0 Å². The molecule has 0 rings (SSSR count). The molecule has 0 spiro atoms. The summed E-state index contributed by atoms with van der Waals surface area (Å²) in [6.45, 7) is 6.71. The molecule has 0 aliphatic heterocycles. The van der Waals surface area contributed by atoms with Gasteiger partial charge in [0, 0.05) is 5.03 Å². The Hall–Kier alpha value is -0.0500. The predicted molar refractivity (Wildman–Crippen MR) is 36.0 cm³/mol. The largest absolute Gasteiger partial charge is 0.388 e. The van der Waals surface area contributed by atoms with Gasteiger partial charge in [-0.1, -0.05) is 25.1 Å². The van der Waals surface area contributed by atoms with Crippen molar-refractivity contribution in [2.75, 3.05) is 0 Å². The smallest absolute Gasteiger partial charge is 0.0889 e. The Morgan fingerprint density at radius 3 is 2.12 bits per heavy atom. The van der Waals surface area contributed by atoms with E-state index in [1.54, 1.807) is 0 Å². The van der Waals surface area contributed by atoms with Crippen LogP contribution in [0, 0.1) is 6.92 Å². The molecular formula is C5H11ClNO. The lowest BCUT2D eigenvalue weighted by atomic mass is 10.3. The molecule has 1 radical (unpaired) electrons. The average molecular weight is 137 g/mol. The third-order valence-corrected chi connectivity index (χ3v) is 0.887. The molecule has 0 aromatic heterocycles. The lowest BCUT2D eigenvalue weighted by Gasteiger charge is -2.00. The Morgan fingerprint density at radius 1 is 1.75 bits per heavy atom. The molecule has 0 bridgehead atoms. The molecule has 4 N–H and O–H groups in total. The van der Waals surface area contributed by atoms with Crippen LogP contribution in [0.5, 0.6) is 0 Å². The van der Waals surface area contributed by atoms with Gasteiger partial charge in [-0.05, 0) is 6.42 Å². The SMILES string of the molecule is N.[CH2]CC(O)C(=C)Cl. The highest BCUT2D eigenvalue weighted by atomic mass is 35.5. The fourth-order valence-corrected chi connectivity index (χ4v) is 0.266. The molecule has 1 atom stereocenters. The molecule has 0 saturated heterocycles. The van der Waals surface area contributed by atoms with Crippen LogP contribution in [0.3, 0.4) is 0 Å². The van der Waals surface area contributed by atoms with Gasteiger partial charge in [-0.25, -0.2) is 0 Å². The minimum Gasteiger partial charge on any atom is -0.388 e. The highest BCUT2D eigenvalue weighted by Crippen LogP contribution is 2.05. The number of rotatable bonds is 2. The molecule has 49 valence electrons. The Balaban J connectivity index is 0. The van der Waals surface area contributed by atoms with Crippen LogP contribution in [0.15, 0.2) is 11.6 Å². The first-order chi connectivity index (χ1) is 3.18. The van der Waals surface area contributed by atoms with E-state index in [9.17, 15) is 0 Å². The van der Waals surface area contributed by atoms with Crippen LogP contribution in [-0.4, -0.2) is 11.2 Å². The van der Waals surface area contributed by atoms with E-state index in [0.717, 1.165) is 0 Å². The van der Waals surface area contributed by atoms with Gasteiger partial charge < -0.3 is 11.3 Å². The first-order valence-electron chi connectivity index (χ1n) is 2.00. The van der Waals surface area contributed by atoms with Crippen molar-refractivity contribution < 1.29 is 5.11 Å². The van der Waals surface area contributed by atoms with Gasteiger partial charge in [0.25, 0.3) is 0 Å². The summed E-state index contributed by atoms with van der Waals surface area (Å²) in [7, 11) is 0. The van der Waals surface area contributed by atoms with Gasteiger partial charge in [0.1, 0.15) is 0 Å². The molecule has 0 aromatic carbocycles. The van der Waals surface area contributed by atoms with Crippen molar-refractivity contribution in [1.29, 1.82) is 0 Å².